The highest BCUT2D eigenvalue weighted by Gasteiger charge is 2.16. The van der Waals surface area contributed by atoms with Crippen molar-refractivity contribution in [3.05, 3.63) is 58.8 Å². The molecule has 0 saturated carbocycles. The first-order chi connectivity index (χ1) is 14.0. The summed E-state index contributed by atoms with van der Waals surface area (Å²) < 4.78 is 10.1. The molecule has 150 valence electrons. The Morgan fingerprint density at radius 1 is 1.24 bits per heavy atom. The lowest BCUT2D eigenvalue weighted by atomic mass is 10.3. The van der Waals surface area contributed by atoms with Gasteiger partial charge in [-0.15, -0.1) is 0 Å². The van der Waals surface area contributed by atoms with Gasteiger partial charge in [0.2, 0.25) is 5.91 Å². The maximum Gasteiger partial charge on any atom is 0.291 e. The van der Waals surface area contributed by atoms with E-state index in [0.29, 0.717) is 11.4 Å². The molecule has 0 saturated heterocycles. The maximum absolute atomic E-state index is 12.2. The highest BCUT2D eigenvalue weighted by atomic mass is 32.2. The summed E-state index contributed by atoms with van der Waals surface area (Å²) in [7, 11) is 1.50. The van der Waals surface area contributed by atoms with Crippen molar-refractivity contribution in [2.24, 2.45) is 0 Å². The van der Waals surface area contributed by atoms with Crippen LogP contribution in [0.15, 0.2) is 57.0 Å². The van der Waals surface area contributed by atoms with E-state index in [1.807, 2.05) is 0 Å². The molecule has 0 aliphatic rings. The summed E-state index contributed by atoms with van der Waals surface area (Å²) in [6.45, 7) is 0. The number of aromatic nitrogens is 2. The Kier molecular flexibility index (Phi) is 6.19. The monoisotopic (exact) mass is 415 g/mol. The van der Waals surface area contributed by atoms with Gasteiger partial charge in [0.25, 0.3) is 11.5 Å². The van der Waals surface area contributed by atoms with Crippen LogP contribution in [0.2, 0.25) is 0 Å². The summed E-state index contributed by atoms with van der Waals surface area (Å²) in [5, 5.41) is 5.20. The van der Waals surface area contributed by atoms with Crippen molar-refractivity contribution >= 4 is 40.8 Å². The number of furan rings is 1. The molecule has 3 rings (SSSR count). The Bertz CT molecular complexity index is 1080. The number of carbonyl (C=O) groups excluding carboxylic acids is 2. The third-order valence-corrected chi connectivity index (χ3v) is 4.50. The molecule has 2 amide bonds. The minimum absolute atomic E-state index is 0.0234. The van der Waals surface area contributed by atoms with Gasteiger partial charge >= 0.3 is 0 Å². The molecule has 2 aromatic heterocycles. The van der Waals surface area contributed by atoms with Gasteiger partial charge in [-0.05, 0) is 24.3 Å². The molecule has 0 spiro atoms. The predicted octanol–water partition coefficient (Wildman–Crippen LogP) is 1.94. The van der Waals surface area contributed by atoms with E-state index < -0.39 is 11.5 Å². The first-order valence-electron chi connectivity index (χ1n) is 8.28. The molecule has 0 radical (unpaired) electrons. The van der Waals surface area contributed by atoms with E-state index in [9.17, 15) is 14.4 Å². The van der Waals surface area contributed by atoms with Crippen LogP contribution in [0, 0.1) is 0 Å². The number of rotatable bonds is 7. The minimum atomic E-state index is -0.648. The van der Waals surface area contributed by atoms with E-state index in [0.717, 1.165) is 11.8 Å². The van der Waals surface area contributed by atoms with E-state index in [2.05, 4.69) is 20.6 Å². The lowest BCUT2D eigenvalue weighted by molar-refractivity contribution is -0.113. The molecule has 0 aliphatic carbocycles. The van der Waals surface area contributed by atoms with Crippen molar-refractivity contribution in [1.82, 2.24) is 9.97 Å². The summed E-state index contributed by atoms with van der Waals surface area (Å²) in [6, 6.07) is 9.95. The topological polar surface area (TPSA) is 152 Å². The quantitative estimate of drug-likeness (QED) is 0.337. The number of anilines is 3. The van der Waals surface area contributed by atoms with Crippen LogP contribution in [0.25, 0.3) is 0 Å². The molecule has 0 unspecified atom stereocenters. The number of nitrogens with one attached hydrogen (secondary N) is 3. The van der Waals surface area contributed by atoms with Crippen molar-refractivity contribution in [3.63, 3.8) is 0 Å². The molecule has 10 nitrogen and oxygen atoms in total. The number of thioether (sulfide) groups is 1. The van der Waals surface area contributed by atoms with Crippen LogP contribution in [0.3, 0.4) is 0 Å². The Morgan fingerprint density at radius 2 is 2.03 bits per heavy atom. The molecule has 0 atom stereocenters. The van der Waals surface area contributed by atoms with Gasteiger partial charge in [0.15, 0.2) is 22.4 Å². The highest BCUT2D eigenvalue weighted by Crippen LogP contribution is 2.24. The number of hydrogen-bond donors (Lipinski definition) is 4. The van der Waals surface area contributed by atoms with Crippen molar-refractivity contribution in [2.45, 2.75) is 5.16 Å². The number of nitrogens with two attached hydrogens (primary N) is 1. The van der Waals surface area contributed by atoms with Gasteiger partial charge in [-0.3, -0.25) is 19.4 Å². The summed E-state index contributed by atoms with van der Waals surface area (Å²) >= 11 is 0.984. The Balaban J connectivity index is 1.64. The first kappa shape index (κ1) is 20.0. The van der Waals surface area contributed by atoms with E-state index >= 15 is 0 Å². The Hall–Kier alpha value is -3.73. The van der Waals surface area contributed by atoms with Gasteiger partial charge in [-0.2, -0.15) is 0 Å². The van der Waals surface area contributed by atoms with E-state index in [-0.39, 0.29) is 34.1 Å². The van der Waals surface area contributed by atoms with E-state index in [1.54, 1.807) is 24.3 Å². The van der Waals surface area contributed by atoms with Gasteiger partial charge in [0.05, 0.1) is 24.8 Å². The second-order valence-electron chi connectivity index (χ2n) is 5.60. The Morgan fingerprint density at radius 3 is 2.72 bits per heavy atom. The molecule has 0 fully saturated rings. The molecule has 1 aromatic carbocycles. The molecule has 11 heteroatoms. The third kappa shape index (κ3) is 4.96. The molecular formula is C18H17N5O5S. The summed E-state index contributed by atoms with van der Waals surface area (Å²) in [6.07, 6.45) is 1.33. The fourth-order valence-corrected chi connectivity index (χ4v) is 2.98. The average molecular weight is 415 g/mol. The number of H-pyrrole nitrogens is 1. The number of para-hydroxylation sites is 2. The number of carbonyl (C=O) groups is 2. The number of nitrogens with zero attached hydrogens (tertiary/aromatic N) is 1. The number of amides is 2. The summed E-state index contributed by atoms with van der Waals surface area (Å²) in [5.41, 5.74) is 5.46. The van der Waals surface area contributed by atoms with Crippen LogP contribution in [0.1, 0.15) is 10.6 Å². The number of nitrogen functional groups attached to an aromatic ring is 1. The largest absolute Gasteiger partial charge is 0.495 e. The standard InChI is InChI=1S/C18H17N5O5S/c1-27-11-6-3-2-5-10(11)20-13(24)9-29-18-22-15(19)14(17(26)23-18)21-16(25)12-7-4-8-28-12/h2-8H,9H2,1H3,(H,20,24)(H,21,25)(H3,19,22,23,26). The van der Waals surface area contributed by atoms with Crippen LogP contribution < -0.4 is 26.7 Å². The second-order valence-corrected chi connectivity index (χ2v) is 6.56. The van der Waals surface area contributed by atoms with Crippen LogP contribution in [-0.2, 0) is 4.79 Å². The average Bonchev–Trinajstić information content (AvgIpc) is 3.24. The van der Waals surface area contributed by atoms with Gasteiger partial charge in [0, 0.05) is 0 Å². The highest BCUT2D eigenvalue weighted by molar-refractivity contribution is 7.99. The van der Waals surface area contributed by atoms with Gasteiger partial charge < -0.3 is 25.5 Å². The SMILES string of the molecule is COc1ccccc1NC(=O)CSc1nc(N)c(NC(=O)c2ccco2)c(=O)[nH]1. The molecule has 0 bridgehead atoms. The zero-order chi connectivity index (χ0) is 20.8. The zero-order valence-corrected chi connectivity index (χ0v) is 16.0. The van der Waals surface area contributed by atoms with Crippen molar-refractivity contribution in [1.29, 1.82) is 0 Å². The molecular weight excluding hydrogens is 398 g/mol. The molecule has 3 aromatic rings. The van der Waals surface area contributed by atoms with Crippen LogP contribution in [0.5, 0.6) is 5.75 Å². The van der Waals surface area contributed by atoms with Crippen molar-refractivity contribution in [3.8, 4) is 5.75 Å². The number of ether oxygens (including phenoxy) is 1. The zero-order valence-electron chi connectivity index (χ0n) is 15.2. The second kappa shape index (κ2) is 8.97. The smallest absolute Gasteiger partial charge is 0.291 e. The summed E-state index contributed by atoms with van der Waals surface area (Å²) in [4.78, 5) is 42.9. The molecule has 0 aliphatic heterocycles. The molecule has 29 heavy (non-hydrogen) atoms. The fraction of sp³-hybridized carbons (Fsp3) is 0.111. The van der Waals surface area contributed by atoms with Crippen molar-refractivity contribution in [2.75, 3.05) is 29.2 Å². The number of hydrogen-bond acceptors (Lipinski definition) is 8. The van der Waals surface area contributed by atoms with Gasteiger partial charge in [-0.25, -0.2) is 4.98 Å². The van der Waals surface area contributed by atoms with Gasteiger partial charge in [-0.1, -0.05) is 23.9 Å². The Labute approximate surface area is 168 Å². The van der Waals surface area contributed by atoms with Crippen LogP contribution >= 0.6 is 11.8 Å². The van der Waals surface area contributed by atoms with Crippen molar-refractivity contribution < 1.29 is 18.7 Å². The molecule has 5 N–H and O–H groups in total. The lowest BCUT2D eigenvalue weighted by Gasteiger charge is -2.10. The van der Waals surface area contributed by atoms with E-state index in [4.69, 9.17) is 14.9 Å². The predicted molar refractivity (Wildman–Crippen MR) is 108 cm³/mol. The third-order valence-electron chi connectivity index (χ3n) is 3.63. The maximum atomic E-state index is 12.2. The lowest BCUT2D eigenvalue weighted by Crippen LogP contribution is -2.23. The van der Waals surface area contributed by atoms with Crippen LogP contribution in [0.4, 0.5) is 17.2 Å². The normalized spacial score (nSPS) is 10.4. The first-order valence-corrected chi connectivity index (χ1v) is 9.27. The fourth-order valence-electron chi connectivity index (χ4n) is 2.31. The molecule has 2 heterocycles. The van der Waals surface area contributed by atoms with E-state index in [1.165, 1.54) is 25.5 Å². The number of methoxy groups -OCH3 is 1. The number of aromatic amines is 1. The van der Waals surface area contributed by atoms with Crippen LogP contribution in [-0.4, -0.2) is 34.6 Å². The summed E-state index contributed by atoms with van der Waals surface area (Å²) in [5.74, 6) is -0.616. The minimum Gasteiger partial charge on any atom is -0.495 e. The van der Waals surface area contributed by atoms with Gasteiger partial charge in [0.1, 0.15) is 5.75 Å². The number of benzene rings is 1.